The van der Waals surface area contributed by atoms with Crippen LogP contribution in [0.2, 0.25) is 10.2 Å². The topological polar surface area (TPSA) is 71.3 Å². The highest BCUT2D eigenvalue weighted by molar-refractivity contribution is 6.41. The fraction of sp³-hybridized carbons (Fsp3) is 0.455. The lowest BCUT2D eigenvalue weighted by Crippen LogP contribution is -2.41. The number of rotatable bonds is 5. The molecule has 1 unspecified atom stereocenters. The molecule has 0 spiro atoms. The molecular formula is C11H14Cl2N2O3. The molecule has 1 atom stereocenters. The van der Waals surface area contributed by atoms with Crippen LogP contribution in [0.5, 0.6) is 0 Å². The summed E-state index contributed by atoms with van der Waals surface area (Å²) in [5, 5.41) is 11.9. The van der Waals surface area contributed by atoms with Crippen LogP contribution < -0.4 is 5.32 Å². The predicted octanol–water partition coefficient (Wildman–Crippen LogP) is 2.31. The van der Waals surface area contributed by atoms with Crippen LogP contribution in [0.4, 0.5) is 0 Å². The van der Waals surface area contributed by atoms with E-state index in [1.807, 2.05) is 6.92 Å². The summed E-state index contributed by atoms with van der Waals surface area (Å²) in [7, 11) is 1.58. The third-order valence-electron chi connectivity index (χ3n) is 2.53. The van der Waals surface area contributed by atoms with Crippen molar-refractivity contribution in [2.45, 2.75) is 25.8 Å². The average molecular weight is 293 g/mol. The first-order chi connectivity index (χ1) is 8.38. The third-order valence-corrected chi connectivity index (χ3v) is 3.37. The predicted molar refractivity (Wildman–Crippen MR) is 69.2 cm³/mol. The molecule has 0 aliphatic rings. The molecule has 18 heavy (non-hydrogen) atoms. The van der Waals surface area contributed by atoms with Gasteiger partial charge >= 0.3 is 5.97 Å². The van der Waals surface area contributed by atoms with Gasteiger partial charge in [0.05, 0.1) is 5.02 Å². The summed E-state index contributed by atoms with van der Waals surface area (Å²) in [6.45, 7) is 1.85. The first-order valence-corrected chi connectivity index (χ1v) is 6.18. The van der Waals surface area contributed by atoms with Crippen LogP contribution in [-0.2, 0) is 11.8 Å². The second-order valence-electron chi connectivity index (χ2n) is 3.88. The smallest absolute Gasteiger partial charge is 0.326 e. The van der Waals surface area contributed by atoms with Gasteiger partial charge in [-0.1, -0.05) is 36.5 Å². The van der Waals surface area contributed by atoms with Crippen LogP contribution in [0.1, 0.15) is 30.3 Å². The van der Waals surface area contributed by atoms with Crippen molar-refractivity contribution < 1.29 is 14.7 Å². The number of hydrogen-bond acceptors (Lipinski definition) is 2. The number of carboxylic acids is 1. The Kier molecular flexibility index (Phi) is 5.04. The van der Waals surface area contributed by atoms with Crippen molar-refractivity contribution in [1.82, 2.24) is 9.88 Å². The maximum atomic E-state index is 11.9. The molecule has 0 saturated heterocycles. The molecule has 1 aromatic heterocycles. The van der Waals surface area contributed by atoms with E-state index in [1.54, 1.807) is 7.05 Å². The fourth-order valence-electron chi connectivity index (χ4n) is 1.54. The molecule has 5 nitrogen and oxygen atoms in total. The lowest BCUT2D eigenvalue weighted by Gasteiger charge is -2.13. The van der Waals surface area contributed by atoms with Crippen molar-refractivity contribution in [2.24, 2.45) is 7.05 Å². The second-order valence-corrected chi connectivity index (χ2v) is 4.65. The Morgan fingerprint density at radius 1 is 1.50 bits per heavy atom. The minimum absolute atomic E-state index is 0.229. The van der Waals surface area contributed by atoms with Crippen LogP contribution in [0.15, 0.2) is 6.07 Å². The summed E-state index contributed by atoms with van der Waals surface area (Å²) < 4.78 is 1.41. The van der Waals surface area contributed by atoms with Gasteiger partial charge in [-0.05, 0) is 12.5 Å². The minimum Gasteiger partial charge on any atom is -0.480 e. The molecule has 1 amide bonds. The Bertz CT molecular complexity index is 471. The van der Waals surface area contributed by atoms with Crippen molar-refractivity contribution in [1.29, 1.82) is 0 Å². The number of aliphatic carboxylic acids is 1. The molecule has 7 heteroatoms. The minimum atomic E-state index is -1.06. The van der Waals surface area contributed by atoms with Gasteiger partial charge in [0.15, 0.2) is 0 Å². The first kappa shape index (κ1) is 14.9. The molecule has 2 N–H and O–H groups in total. The summed E-state index contributed by atoms with van der Waals surface area (Å²) in [5.74, 6) is -1.57. The molecule has 0 fully saturated rings. The van der Waals surface area contributed by atoms with Crippen molar-refractivity contribution >= 4 is 35.1 Å². The first-order valence-electron chi connectivity index (χ1n) is 5.42. The zero-order chi connectivity index (χ0) is 13.9. The average Bonchev–Trinajstić information content (AvgIpc) is 2.56. The van der Waals surface area contributed by atoms with Crippen LogP contribution in [0.3, 0.4) is 0 Å². The number of nitrogens with zero attached hydrogens (tertiary/aromatic N) is 1. The van der Waals surface area contributed by atoms with Crippen molar-refractivity contribution in [3.8, 4) is 0 Å². The molecule has 0 aliphatic carbocycles. The van der Waals surface area contributed by atoms with E-state index in [-0.39, 0.29) is 15.9 Å². The summed E-state index contributed by atoms with van der Waals surface area (Å²) >= 11 is 11.6. The normalized spacial score (nSPS) is 12.2. The number of halogens is 2. The van der Waals surface area contributed by atoms with Gasteiger partial charge < -0.3 is 15.0 Å². The Hall–Kier alpha value is -1.20. The highest BCUT2D eigenvalue weighted by Gasteiger charge is 2.22. The molecule has 0 radical (unpaired) electrons. The molecule has 0 aromatic carbocycles. The molecule has 1 heterocycles. The highest BCUT2D eigenvalue weighted by atomic mass is 35.5. The standard InChI is InChI=1S/C11H14Cl2N2O3/c1-3-4-7(11(17)18)14-10(16)8-5-6(12)9(13)15(8)2/h5,7H,3-4H2,1-2H3,(H,14,16)(H,17,18). The van der Waals surface area contributed by atoms with E-state index in [0.717, 1.165) is 0 Å². The number of nitrogens with one attached hydrogen (secondary N) is 1. The van der Waals surface area contributed by atoms with E-state index >= 15 is 0 Å². The van der Waals surface area contributed by atoms with E-state index in [9.17, 15) is 9.59 Å². The molecule has 0 aliphatic heterocycles. The van der Waals surface area contributed by atoms with Crippen LogP contribution in [0.25, 0.3) is 0 Å². The van der Waals surface area contributed by atoms with Gasteiger partial charge in [0.2, 0.25) is 0 Å². The number of carbonyl (C=O) groups is 2. The van der Waals surface area contributed by atoms with Gasteiger partial charge in [-0.2, -0.15) is 0 Å². The van der Waals surface area contributed by atoms with Crippen LogP contribution in [0, 0.1) is 0 Å². The number of carboxylic acid groups (broad SMARTS) is 1. The number of hydrogen-bond donors (Lipinski definition) is 2. The molecule has 0 bridgehead atoms. The van der Waals surface area contributed by atoms with Gasteiger partial charge in [0.25, 0.3) is 5.91 Å². The van der Waals surface area contributed by atoms with E-state index in [1.165, 1.54) is 10.6 Å². The van der Waals surface area contributed by atoms with Crippen molar-refractivity contribution in [3.63, 3.8) is 0 Å². The Labute approximate surface area is 115 Å². The number of aromatic nitrogens is 1. The van der Waals surface area contributed by atoms with Gasteiger partial charge in [-0.15, -0.1) is 0 Å². The van der Waals surface area contributed by atoms with Crippen LogP contribution >= 0.6 is 23.2 Å². The highest BCUT2D eigenvalue weighted by Crippen LogP contribution is 2.25. The van der Waals surface area contributed by atoms with Gasteiger partial charge in [-0.25, -0.2) is 4.79 Å². The number of carbonyl (C=O) groups excluding carboxylic acids is 1. The maximum absolute atomic E-state index is 11.9. The van der Waals surface area contributed by atoms with E-state index in [2.05, 4.69) is 5.32 Å². The third kappa shape index (κ3) is 3.17. The monoisotopic (exact) mass is 292 g/mol. The maximum Gasteiger partial charge on any atom is 0.326 e. The Morgan fingerprint density at radius 2 is 2.11 bits per heavy atom. The zero-order valence-corrected chi connectivity index (χ0v) is 11.5. The lowest BCUT2D eigenvalue weighted by molar-refractivity contribution is -0.139. The summed E-state index contributed by atoms with van der Waals surface area (Å²) in [6, 6.07) is 0.499. The van der Waals surface area contributed by atoms with Crippen molar-refractivity contribution in [2.75, 3.05) is 0 Å². The zero-order valence-electron chi connectivity index (χ0n) is 10.0. The Balaban J connectivity index is 2.87. The van der Waals surface area contributed by atoms with E-state index in [4.69, 9.17) is 28.3 Å². The SMILES string of the molecule is CCCC(NC(=O)c1cc(Cl)c(Cl)n1C)C(=O)O. The second kappa shape index (κ2) is 6.11. The molecule has 1 aromatic rings. The van der Waals surface area contributed by atoms with E-state index in [0.29, 0.717) is 12.8 Å². The van der Waals surface area contributed by atoms with Gasteiger partial charge in [0, 0.05) is 7.05 Å². The number of amides is 1. The molecular weight excluding hydrogens is 279 g/mol. The van der Waals surface area contributed by atoms with E-state index < -0.39 is 17.9 Å². The molecule has 100 valence electrons. The summed E-state index contributed by atoms with van der Waals surface area (Å²) in [6.07, 6.45) is 1.03. The summed E-state index contributed by atoms with van der Waals surface area (Å²) in [4.78, 5) is 22.8. The quantitative estimate of drug-likeness (QED) is 0.875. The lowest BCUT2D eigenvalue weighted by atomic mass is 10.1. The van der Waals surface area contributed by atoms with Crippen LogP contribution in [-0.4, -0.2) is 27.6 Å². The fourth-order valence-corrected chi connectivity index (χ4v) is 1.91. The summed E-state index contributed by atoms with van der Waals surface area (Å²) in [5.41, 5.74) is 0.229. The largest absolute Gasteiger partial charge is 0.480 e. The van der Waals surface area contributed by atoms with Gasteiger partial charge in [-0.3, -0.25) is 4.79 Å². The molecule has 0 saturated carbocycles. The Morgan fingerprint density at radius 3 is 2.50 bits per heavy atom. The molecule has 1 rings (SSSR count). The van der Waals surface area contributed by atoms with Gasteiger partial charge in [0.1, 0.15) is 16.9 Å². The van der Waals surface area contributed by atoms with Crippen molar-refractivity contribution in [3.05, 3.63) is 21.9 Å².